The Morgan fingerprint density at radius 1 is 1.08 bits per heavy atom. The highest BCUT2D eigenvalue weighted by molar-refractivity contribution is 8.01. The predicted octanol–water partition coefficient (Wildman–Crippen LogP) is 5.55. The highest BCUT2D eigenvalue weighted by atomic mass is 32.2. The molecule has 0 radical (unpaired) electrons. The van der Waals surface area contributed by atoms with Gasteiger partial charge in [-0.1, -0.05) is 47.4 Å². The average Bonchev–Trinajstić information content (AvgIpc) is 3.38. The van der Waals surface area contributed by atoms with E-state index in [4.69, 9.17) is 4.42 Å². The Morgan fingerprint density at radius 3 is 2.77 bits per heavy atom. The number of nitrogens with one attached hydrogen (secondary N) is 1. The third-order valence-electron chi connectivity index (χ3n) is 3.59. The van der Waals surface area contributed by atoms with Crippen molar-refractivity contribution in [1.82, 2.24) is 20.4 Å². The van der Waals surface area contributed by atoms with Gasteiger partial charge in [-0.3, -0.25) is 0 Å². The SMILES string of the molecule is Cc1ccccc1Nc1nnc(S[C@H](C)c2nnc(-c3cccs3)o2)s1. The molecule has 0 fully saturated rings. The lowest BCUT2D eigenvalue weighted by atomic mass is 10.2. The van der Waals surface area contributed by atoms with E-state index in [-0.39, 0.29) is 5.25 Å². The number of nitrogens with zero attached hydrogens (tertiary/aromatic N) is 4. The number of benzene rings is 1. The van der Waals surface area contributed by atoms with Gasteiger partial charge < -0.3 is 9.73 Å². The summed E-state index contributed by atoms with van der Waals surface area (Å²) < 4.78 is 6.64. The lowest BCUT2D eigenvalue weighted by Crippen LogP contribution is -1.91. The van der Waals surface area contributed by atoms with Gasteiger partial charge in [0.25, 0.3) is 5.89 Å². The Balaban J connectivity index is 1.43. The van der Waals surface area contributed by atoms with Gasteiger partial charge in [-0.25, -0.2) is 0 Å². The Bertz CT molecular complexity index is 995. The van der Waals surface area contributed by atoms with Crippen LogP contribution in [-0.2, 0) is 0 Å². The summed E-state index contributed by atoms with van der Waals surface area (Å²) in [4.78, 5) is 0.974. The Labute approximate surface area is 162 Å². The number of thioether (sulfide) groups is 1. The minimum atomic E-state index is -0.00419. The number of hydrogen-bond acceptors (Lipinski definition) is 9. The molecule has 1 N–H and O–H groups in total. The molecule has 0 spiro atoms. The molecule has 0 amide bonds. The molecule has 1 atom stereocenters. The van der Waals surface area contributed by atoms with Crippen LogP contribution in [0.3, 0.4) is 0 Å². The summed E-state index contributed by atoms with van der Waals surface area (Å²) in [6.45, 7) is 4.08. The summed E-state index contributed by atoms with van der Waals surface area (Å²) in [5.41, 5.74) is 2.20. The molecular weight excluding hydrogens is 386 g/mol. The van der Waals surface area contributed by atoms with E-state index < -0.39 is 0 Å². The van der Waals surface area contributed by atoms with E-state index >= 15 is 0 Å². The smallest absolute Gasteiger partial charge is 0.257 e. The van der Waals surface area contributed by atoms with Gasteiger partial charge in [0.15, 0.2) is 4.34 Å². The maximum absolute atomic E-state index is 5.79. The third-order valence-corrected chi connectivity index (χ3v) is 6.46. The highest BCUT2D eigenvalue weighted by Gasteiger charge is 2.19. The summed E-state index contributed by atoms with van der Waals surface area (Å²) >= 11 is 4.64. The number of aryl methyl sites for hydroxylation is 1. The topological polar surface area (TPSA) is 76.7 Å². The van der Waals surface area contributed by atoms with Crippen LogP contribution in [0, 0.1) is 6.92 Å². The summed E-state index contributed by atoms with van der Waals surface area (Å²) in [5, 5.41) is 22.8. The van der Waals surface area contributed by atoms with E-state index in [1.165, 1.54) is 11.3 Å². The van der Waals surface area contributed by atoms with Gasteiger partial charge in [-0.15, -0.1) is 31.7 Å². The molecule has 0 saturated heterocycles. The fourth-order valence-electron chi connectivity index (χ4n) is 2.24. The number of aromatic nitrogens is 4. The molecule has 3 aromatic heterocycles. The van der Waals surface area contributed by atoms with Gasteiger partial charge in [0.1, 0.15) is 0 Å². The summed E-state index contributed by atoms with van der Waals surface area (Å²) in [7, 11) is 0. The first-order valence-corrected chi connectivity index (χ1v) is 10.5. The van der Waals surface area contributed by atoms with Crippen LogP contribution in [0.15, 0.2) is 50.5 Å². The van der Waals surface area contributed by atoms with Crippen LogP contribution in [0.2, 0.25) is 0 Å². The molecule has 3 heterocycles. The van der Waals surface area contributed by atoms with E-state index in [9.17, 15) is 0 Å². The summed E-state index contributed by atoms with van der Waals surface area (Å²) in [6, 6.07) is 12.0. The lowest BCUT2D eigenvalue weighted by molar-refractivity contribution is 0.510. The molecule has 9 heteroatoms. The van der Waals surface area contributed by atoms with Crippen molar-refractivity contribution in [2.75, 3.05) is 5.32 Å². The molecule has 4 rings (SSSR count). The van der Waals surface area contributed by atoms with Crippen molar-refractivity contribution in [3.8, 4) is 10.8 Å². The number of rotatable bonds is 6. The molecule has 0 aliphatic heterocycles. The Kier molecular flexibility index (Phi) is 5.00. The van der Waals surface area contributed by atoms with Crippen LogP contribution < -0.4 is 5.32 Å². The molecule has 0 aliphatic carbocycles. The van der Waals surface area contributed by atoms with Gasteiger partial charge in [0, 0.05) is 5.69 Å². The largest absolute Gasteiger partial charge is 0.419 e. The van der Waals surface area contributed by atoms with Crippen LogP contribution in [0.5, 0.6) is 0 Å². The van der Waals surface area contributed by atoms with Crippen LogP contribution in [0.4, 0.5) is 10.8 Å². The van der Waals surface area contributed by atoms with E-state index in [0.717, 1.165) is 25.6 Å². The zero-order valence-corrected chi connectivity index (χ0v) is 16.5. The first-order valence-electron chi connectivity index (χ1n) is 7.89. The minimum Gasteiger partial charge on any atom is -0.419 e. The van der Waals surface area contributed by atoms with Crippen LogP contribution in [0.1, 0.15) is 23.6 Å². The average molecular weight is 402 g/mol. The number of para-hydroxylation sites is 1. The van der Waals surface area contributed by atoms with Crippen LogP contribution in [0.25, 0.3) is 10.8 Å². The number of anilines is 2. The quantitative estimate of drug-likeness (QED) is 0.424. The van der Waals surface area contributed by atoms with Gasteiger partial charge in [0.2, 0.25) is 11.0 Å². The van der Waals surface area contributed by atoms with Crippen molar-refractivity contribution >= 4 is 45.3 Å². The van der Waals surface area contributed by atoms with E-state index in [1.807, 2.05) is 42.6 Å². The van der Waals surface area contributed by atoms with E-state index in [2.05, 4.69) is 38.7 Å². The zero-order chi connectivity index (χ0) is 17.9. The van der Waals surface area contributed by atoms with Crippen molar-refractivity contribution in [3.63, 3.8) is 0 Å². The normalized spacial score (nSPS) is 12.2. The minimum absolute atomic E-state index is 0.00419. The first kappa shape index (κ1) is 17.2. The summed E-state index contributed by atoms with van der Waals surface area (Å²) in [5.74, 6) is 1.14. The van der Waals surface area contributed by atoms with E-state index in [0.29, 0.717) is 11.8 Å². The monoisotopic (exact) mass is 401 g/mol. The second kappa shape index (κ2) is 7.56. The molecular formula is C17H15N5OS3. The fraction of sp³-hybridized carbons (Fsp3) is 0.176. The van der Waals surface area contributed by atoms with Crippen molar-refractivity contribution in [1.29, 1.82) is 0 Å². The zero-order valence-electron chi connectivity index (χ0n) is 14.0. The van der Waals surface area contributed by atoms with Gasteiger partial charge >= 0.3 is 0 Å². The molecule has 0 unspecified atom stereocenters. The van der Waals surface area contributed by atoms with Gasteiger partial charge in [0.05, 0.1) is 10.1 Å². The third kappa shape index (κ3) is 3.79. The fourth-order valence-corrected chi connectivity index (χ4v) is 4.82. The summed E-state index contributed by atoms with van der Waals surface area (Å²) in [6.07, 6.45) is 0. The van der Waals surface area contributed by atoms with Crippen molar-refractivity contribution in [2.45, 2.75) is 23.4 Å². The Hall–Kier alpha value is -2.23. The Morgan fingerprint density at radius 2 is 1.96 bits per heavy atom. The van der Waals surface area contributed by atoms with Crippen molar-refractivity contribution < 1.29 is 4.42 Å². The molecule has 26 heavy (non-hydrogen) atoms. The standard InChI is InChI=1S/C17H15N5OS3/c1-10-6-3-4-7-12(10)18-16-21-22-17(26-16)25-11(2)14-19-20-15(23-14)13-8-5-9-24-13/h3-9,11H,1-2H3,(H,18,21)/t11-/m1/s1. The van der Waals surface area contributed by atoms with Gasteiger partial charge in [-0.05, 0) is 36.9 Å². The second-order valence-electron chi connectivity index (χ2n) is 5.50. The van der Waals surface area contributed by atoms with Crippen LogP contribution >= 0.6 is 34.4 Å². The molecule has 132 valence electrons. The molecule has 0 aliphatic rings. The molecule has 4 aromatic rings. The lowest BCUT2D eigenvalue weighted by Gasteiger charge is -2.04. The number of hydrogen-bond donors (Lipinski definition) is 1. The molecule has 0 bridgehead atoms. The maximum atomic E-state index is 5.79. The van der Waals surface area contributed by atoms with Crippen molar-refractivity contribution in [2.24, 2.45) is 0 Å². The number of thiophene rings is 1. The molecule has 0 saturated carbocycles. The van der Waals surface area contributed by atoms with Crippen molar-refractivity contribution in [3.05, 3.63) is 53.2 Å². The second-order valence-corrected chi connectivity index (χ2v) is 9.01. The van der Waals surface area contributed by atoms with Crippen LogP contribution in [-0.4, -0.2) is 20.4 Å². The highest BCUT2D eigenvalue weighted by Crippen LogP contribution is 2.38. The first-order chi connectivity index (χ1) is 12.7. The predicted molar refractivity (Wildman–Crippen MR) is 106 cm³/mol. The van der Waals surface area contributed by atoms with E-state index in [1.54, 1.807) is 23.1 Å². The molecule has 6 nitrogen and oxygen atoms in total. The van der Waals surface area contributed by atoms with Gasteiger partial charge in [-0.2, -0.15) is 0 Å². The maximum Gasteiger partial charge on any atom is 0.257 e. The molecule has 1 aromatic carbocycles.